The summed E-state index contributed by atoms with van der Waals surface area (Å²) in [6, 6.07) is 1.42. The van der Waals surface area contributed by atoms with E-state index in [1.54, 1.807) is 0 Å². The van der Waals surface area contributed by atoms with Gasteiger partial charge in [0.25, 0.3) is 5.56 Å². The molecule has 2 aromatic rings. The number of alkyl halides is 2. The second-order valence-corrected chi connectivity index (χ2v) is 7.51. The number of nitrogen functional groups attached to an aromatic ring is 1. The minimum atomic E-state index is -3.10. The number of nitrogens with two attached hydrogens (primary N) is 1. The number of rotatable bonds is 2. The normalized spacial score (nSPS) is 24.5. The van der Waals surface area contributed by atoms with Crippen LogP contribution in [-0.4, -0.2) is 23.1 Å². The van der Waals surface area contributed by atoms with Gasteiger partial charge in [-0.15, -0.1) is 0 Å². The fourth-order valence-electron chi connectivity index (χ4n) is 3.81. The average Bonchev–Trinajstić information content (AvgIpc) is 3.44. The molecule has 2 aliphatic carbocycles. The number of aromatic nitrogens is 1. The smallest absolute Gasteiger partial charge is 0.301 e. The SMILES string of the molecule is Nc1cc2c3c(c(=O)n(C4CC4)c2cc1F)OCC(F)(F)[C@H](C1CC1)N3. The first-order valence-electron chi connectivity index (χ1n) is 8.81. The molecule has 3 N–H and O–H groups in total. The zero-order valence-electron chi connectivity index (χ0n) is 13.9. The van der Waals surface area contributed by atoms with Crippen LogP contribution in [0, 0.1) is 11.7 Å². The van der Waals surface area contributed by atoms with Crippen LogP contribution in [0.1, 0.15) is 31.7 Å². The Bertz CT molecular complexity index is 980. The lowest BCUT2D eigenvalue weighted by molar-refractivity contribution is -0.0579. The van der Waals surface area contributed by atoms with Crippen LogP contribution < -0.4 is 21.3 Å². The molecule has 2 saturated carbocycles. The number of anilines is 2. The van der Waals surface area contributed by atoms with Crippen LogP contribution in [0.25, 0.3) is 10.9 Å². The maximum Gasteiger partial charge on any atom is 0.301 e. The first kappa shape index (κ1) is 15.8. The minimum Gasteiger partial charge on any atom is -0.480 e. The molecule has 5 rings (SSSR count). The van der Waals surface area contributed by atoms with Gasteiger partial charge in [-0.3, -0.25) is 4.79 Å². The summed E-state index contributed by atoms with van der Waals surface area (Å²) in [5, 5.41) is 3.30. The summed E-state index contributed by atoms with van der Waals surface area (Å²) < 4.78 is 50.0. The van der Waals surface area contributed by atoms with E-state index in [0.29, 0.717) is 23.7 Å². The number of hydrogen-bond acceptors (Lipinski definition) is 4. The standard InChI is InChI=1S/C18H18F3N3O2/c19-11-6-13-10(5-12(11)22)14-15(17(25)24(13)9-3-4-9)26-7-18(20,21)16(23-14)8-1-2-8/h5-6,8-9,16,23H,1-4,7,22H2/t16-/m0/s1. The molecule has 5 nitrogen and oxygen atoms in total. The van der Waals surface area contributed by atoms with Gasteiger partial charge in [-0.05, 0) is 37.7 Å². The van der Waals surface area contributed by atoms with Crippen LogP contribution in [0.2, 0.25) is 0 Å². The van der Waals surface area contributed by atoms with Crippen molar-refractivity contribution in [1.82, 2.24) is 4.57 Å². The lowest BCUT2D eigenvalue weighted by Crippen LogP contribution is -2.44. The Morgan fingerprint density at radius 2 is 1.96 bits per heavy atom. The van der Waals surface area contributed by atoms with Crippen LogP contribution in [0.5, 0.6) is 5.75 Å². The van der Waals surface area contributed by atoms with Crippen molar-refractivity contribution in [2.75, 3.05) is 17.7 Å². The Balaban J connectivity index is 1.80. The molecule has 0 radical (unpaired) electrons. The summed E-state index contributed by atoms with van der Waals surface area (Å²) >= 11 is 0. The number of hydrogen-bond donors (Lipinski definition) is 2. The van der Waals surface area contributed by atoms with Crippen molar-refractivity contribution in [2.24, 2.45) is 5.92 Å². The van der Waals surface area contributed by atoms with Gasteiger partial charge in [0, 0.05) is 17.5 Å². The van der Waals surface area contributed by atoms with Crippen molar-refractivity contribution in [3.8, 4) is 5.75 Å². The summed E-state index contributed by atoms with van der Waals surface area (Å²) in [4.78, 5) is 13.0. The van der Waals surface area contributed by atoms with E-state index in [9.17, 15) is 18.0 Å². The first-order valence-corrected chi connectivity index (χ1v) is 8.81. The van der Waals surface area contributed by atoms with Gasteiger partial charge in [-0.1, -0.05) is 0 Å². The van der Waals surface area contributed by atoms with Crippen molar-refractivity contribution in [2.45, 2.75) is 43.7 Å². The predicted octanol–water partition coefficient (Wildman–Crippen LogP) is 3.28. The molecular weight excluding hydrogens is 347 g/mol. The molecule has 3 aliphatic rings. The van der Waals surface area contributed by atoms with Crippen molar-refractivity contribution in [3.63, 3.8) is 0 Å². The molecule has 8 heteroatoms. The van der Waals surface area contributed by atoms with Gasteiger partial charge in [0.2, 0.25) is 5.75 Å². The Hall–Kier alpha value is -2.38. The van der Waals surface area contributed by atoms with E-state index < -0.39 is 29.9 Å². The van der Waals surface area contributed by atoms with Crippen molar-refractivity contribution in [1.29, 1.82) is 0 Å². The second-order valence-electron chi connectivity index (χ2n) is 7.51. The van der Waals surface area contributed by atoms with E-state index in [2.05, 4.69) is 5.32 Å². The highest BCUT2D eigenvalue weighted by molar-refractivity contribution is 5.97. The Morgan fingerprint density at radius 1 is 1.23 bits per heavy atom. The number of halogens is 3. The topological polar surface area (TPSA) is 69.3 Å². The van der Waals surface area contributed by atoms with Crippen LogP contribution >= 0.6 is 0 Å². The largest absolute Gasteiger partial charge is 0.480 e. The fourth-order valence-corrected chi connectivity index (χ4v) is 3.81. The van der Waals surface area contributed by atoms with E-state index >= 15 is 0 Å². The molecule has 0 unspecified atom stereocenters. The van der Waals surface area contributed by atoms with Crippen molar-refractivity contribution < 1.29 is 17.9 Å². The number of nitrogens with one attached hydrogen (secondary N) is 1. The summed E-state index contributed by atoms with van der Waals surface area (Å²) in [5.41, 5.74) is 5.68. The van der Waals surface area contributed by atoms with Crippen LogP contribution in [0.4, 0.5) is 24.5 Å². The third kappa shape index (κ3) is 2.27. The van der Waals surface area contributed by atoms with Crippen molar-refractivity contribution in [3.05, 3.63) is 28.3 Å². The molecule has 0 bridgehead atoms. The highest BCUT2D eigenvalue weighted by atomic mass is 19.3. The molecule has 0 amide bonds. The van der Waals surface area contributed by atoms with E-state index in [-0.39, 0.29) is 29.1 Å². The molecule has 138 valence electrons. The van der Waals surface area contributed by atoms with E-state index in [0.717, 1.165) is 12.8 Å². The first-order chi connectivity index (χ1) is 12.4. The van der Waals surface area contributed by atoms with Gasteiger partial charge >= 0.3 is 5.92 Å². The third-order valence-electron chi connectivity index (χ3n) is 5.45. The van der Waals surface area contributed by atoms with Gasteiger partial charge in [0.1, 0.15) is 5.82 Å². The van der Waals surface area contributed by atoms with E-state index in [4.69, 9.17) is 10.5 Å². The highest BCUT2D eigenvalue weighted by Crippen LogP contribution is 2.47. The van der Waals surface area contributed by atoms with Crippen LogP contribution in [0.15, 0.2) is 16.9 Å². The number of fused-ring (bicyclic) bond motifs is 3. The molecular formula is C18H18F3N3O2. The molecule has 2 heterocycles. The minimum absolute atomic E-state index is 0.0649. The summed E-state index contributed by atoms with van der Waals surface area (Å²) in [7, 11) is 0. The van der Waals surface area contributed by atoms with Gasteiger partial charge in [0.05, 0.1) is 22.9 Å². The zero-order chi connectivity index (χ0) is 18.2. The average molecular weight is 365 g/mol. The molecule has 0 saturated heterocycles. The lowest BCUT2D eigenvalue weighted by atomic mass is 10.0. The van der Waals surface area contributed by atoms with Gasteiger partial charge < -0.3 is 20.4 Å². The fraction of sp³-hybridized carbons (Fsp3) is 0.500. The van der Waals surface area contributed by atoms with E-state index in [1.807, 2.05) is 0 Å². The number of benzene rings is 1. The van der Waals surface area contributed by atoms with Crippen molar-refractivity contribution >= 4 is 22.3 Å². The highest BCUT2D eigenvalue weighted by Gasteiger charge is 2.51. The summed E-state index contributed by atoms with van der Waals surface area (Å²) in [6.07, 6.45) is 2.98. The maximum absolute atomic E-state index is 14.6. The third-order valence-corrected chi connectivity index (χ3v) is 5.45. The molecule has 2 fully saturated rings. The molecule has 1 aromatic heterocycles. The monoisotopic (exact) mass is 365 g/mol. The number of pyridine rings is 1. The lowest BCUT2D eigenvalue weighted by Gasteiger charge is -2.25. The second kappa shape index (κ2) is 5.08. The Kier molecular flexibility index (Phi) is 3.10. The molecule has 1 aromatic carbocycles. The quantitative estimate of drug-likeness (QED) is 0.802. The van der Waals surface area contributed by atoms with Gasteiger partial charge in [-0.25, -0.2) is 13.2 Å². The van der Waals surface area contributed by atoms with Crippen LogP contribution in [0.3, 0.4) is 0 Å². The molecule has 1 aliphatic heterocycles. The van der Waals surface area contributed by atoms with E-state index in [1.165, 1.54) is 16.7 Å². The number of nitrogens with zero attached hydrogens (tertiary/aromatic N) is 1. The predicted molar refractivity (Wildman–Crippen MR) is 91.4 cm³/mol. The molecule has 26 heavy (non-hydrogen) atoms. The summed E-state index contributed by atoms with van der Waals surface area (Å²) in [6.45, 7) is -0.851. The number of ether oxygens (including phenoxy) is 1. The van der Waals surface area contributed by atoms with Gasteiger partial charge in [0.15, 0.2) is 6.61 Å². The van der Waals surface area contributed by atoms with Gasteiger partial charge in [-0.2, -0.15) is 0 Å². The molecule has 0 spiro atoms. The summed E-state index contributed by atoms with van der Waals surface area (Å²) in [5.74, 6) is -4.03. The Morgan fingerprint density at radius 3 is 2.62 bits per heavy atom. The maximum atomic E-state index is 14.6. The molecule has 1 atom stereocenters. The Labute approximate surface area is 146 Å². The zero-order valence-corrected chi connectivity index (χ0v) is 13.9. The van der Waals surface area contributed by atoms with Crippen LogP contribution in [-0.2, 0) is 0 Å².